The highest BCUT2D eigenvalue weighted by molar-refractivity contribution is 9.11. The van der Waals surface area contributed by atoms with Gasteiger partial charge in [-0.1, -0.05) is 18.7 Å². The lowest BCUT2D eigenvalue weighted by Gasteiger charge is -2.28. The second-order valence-corrected chi connectivity index (χ2v) is 11.1. The minimum absolute atomic E-state index is 0.217. The third kappa shape index (κ3) is 5.78. The first-order chi connectivity index (χ1) is 15.5. The lowest BCUT2D eigenvalue weighted by molar-refractivity contribution is 0.0358. The van der Waals surface area contributed by atoms with Crippen LogP contribution in [-0.2, 0) is 17.0 Å². The van der Waals surface area contributed by atoms with Gasteiger partial charge in [-0.3, -0.25) is 9.80 Å². The van der Waals surface area contributed by atoms with Crippen molar-refractivity contribution < 1.29 is 9.15 Å². The van der Waals surface area contributed by atoms with Crippen molar-refractivity contribution in [2.45, 2.75) is 36.8 Å². The average Bonchev–Trinajstić information content (AvgIpc) is 3.52. The normalized spacial score (nSPS) is 16.2. The Hall–Kier alpha value is -1.31. The number of thiophene rings is 1. The van der Waals surface area contributed by atoms with E-state index in [4.69, 9.17) is 9.15 Å². The van der Waals surface area contributed by atoms with Crippen LogP contribution in [-0.4, -0.2) is 81.7 Å². The van der Waals surface area contributed by atoms with Crippen molar-refractivity contribution in [2.24, 2.45) is 0 Å². The molecule has 1 aliphatic heterocycles. The number of thioether (sulfide) groups is 1. The van der Waals surface area contributed by atoms with Crippen LogP contribution in [0.15, 0.2) is 25.5 Å². The van der Waals surface area contributed by atoms with Crippen molar-refractivity contribution in [1.29, 1.82) is 0 Å². The first-order valence-electron chi connectivity index (χ1n) is 10.7. The molecule has 0 N–H and O–H groups in total. The molecule has 1 fully saturated rings. The summed E-state index contributed by atoms with van der Waals surface area (Å²) >= 11 is 6.63. The fourth-order valence-corrected chi connectivity index (χ4v) is 5.79. The van der Waals surface area contributed by atoms with Gasteiger partial charge in [0.05, 0.1) is 33.7 Å². The molecule has 4 rings (SSSR count). The van der Waals surface area contributed by atoms with Crippen LogP contribution in [0.2, 0.25) is 0 Å². The standard InChI is InChI=1S/C20H28BrN7O2S2/c1-4-14(26(2)3)18-23-25-20(28(18)8-7-27-9-11-29-12-10-27)31-13-17-22-24-19(30-17)15-5-6-16(21)32-15/h5-6,14H,4,7-13H2,1-3H3. The topological polar surface area (TPSA) is 85.3 Å². The number of nitrogens with zero attached hydrogens (tertiary/aromatic N) is 7. The molecule has 3 aromatic rings. The lowest BCUT2D eigenvalue weighted by atomic mass is 10.2. The van der Waals surface area contributed by atoms with Crippen molar-refractivity contribution in [3.63, 3.8) is 0 Å². The molecule has 1 unspecified atom stereocenters. The molecule has 0 amide bonds. The van der Waals surface area contributed by atoms with Crippen LogP contribution in [0.3, 0.4) is 0 Å². The van der Waals surface area contributed by atoms with Gasteiger partial charge in [0.2, 0.25) is 5.89 Å². The fourth-order valence-electron chi connectivity index (χ4n) is 3.68. The minimum atomic E-state index is 0.217. The summed E-state index contributed by atoms with van der Waals surface area (Å²) in [4.78, 5) is 5.59. The third-order valence-corrected chi connectivity index (χ3v) is 7.94. The van der Waals surface area contributed by atoms with E-state index in [1.807, 2.05) is 12.1 Å². The summed E-state index contributed by atoms with van der Waals surface area (Å²) in [5, 5.41) is 18.4. The van der Waals surface area contributed by atoms with E-state index >= 15 is 0 Å². The highest BCUT2D eigenvalue weighted by Crippen LogP contribution is 2.32. The van der Waals surface area contributed by atoms with Crippen LogP contribution in [0.4, 0.5) is 0 Å². The van der Waals surface area contributed by atoms with Gasteiger partial charge >= 0.3 is 0 Å². The summed E-state index contributed by atoms with van der Waals surface area (Å²) < 4.78 is 14.6. The largest absolute Gasteiger partial charge is 0.419 e. The maximum atomic E-state index is 5.87. The molecular weight excluding hydrogens is 514 g/mol. The average molecular weight is 543 g/mol. The molecule has 0 saturated carbocycles. The fraction of sp³-hybridized carbons (Fsp3) is 0.600. The Morgan fingerprint density at radius 3 is 2.66 bits per heavy atom. The first-order valence-corrected chi connectivity index (χ1v) is 13.2. The molecule has 0 radical (unpaired) electrons. The number of rotatable bonds is 10. The maximum Gasteiger partial charge on any atom is 0.257 e. The Morgan fingerprint density at radius 2 is 1.97 bits per heavy atom. The van der Waals surface area contributed by atoms with E-state index < -0.39 is 0 Å². The highest BCUT2D eigenvalue weighted by Gasteiger charge is 2.23. The number of hydrogen-bond donors (Lipinski definition) is 0. The molecule has 12 heteroatoms. The van der Waals surface area contributed by atoms with Crippen molar-refractivity contribution in [3.05, 3.63) is 27.6 Å². The maximum absolute atomic E-state index is 5.87. The molecule has 4 heterocycles. The number of ether oxygens (including phenoxy) is 1. The van der Waals surface area contributed by atoms with Crippen molar-refractivity contribution in [2.75, 3.05) is 46.9 Å². The van der Waals surface area contributed by atoms with Crippen molar-refractivity contribution >= 4 is 39.0 Å². The van der Waals surface area contributed by atoms with Gasteiger partial charge in [0.25, 0.3) is 5.89 Å². The molecule has 0 bridgehead atoms. The molecule has 174 valence electrons. The monoisotopic (exact) mass is 541 g/mol. The number of hydrogen-bond acceptors (Lipinski definition) is 10. The molecule has 1 atom stereocenters. The minimum Gasteiger partial charge on any atom is -0.419 e. The second-order valence-electron chi connectivity index (χ2n) is 7.73. The lowest BCUT2D eigenvalue weighted by Crippen LogP contribution is -2.38. The molecule has 32 heavy (non-hydrogen) atoms. The highest BCUT2D eigenvalue weighted by atomic mass is 79.9. The number of aromatic nitrogens is 5. The van der Waals surface area contributed by atoms with Gasteiger partial charge in [0.1, 0.15) is 0 Å². The predicted molar refractivity (Wildman–Crippen MR) is 129 cm³/mol. The SMILES string of the molecule is CCC(c1nnc(SCc2nnc(-c3ccc(Br)s3)o2)n1CCN1CCOCC1)N(C)C. The van der Waals surface area contributed by atoms with Gasteiger partial charge < -0.3 is 13.7 Å². The van der Waals surface area contributed by atoms with E-state index in [0.717, 1.165) is 65.5 Å². The Labute approximate surface area is 204 Å². The van der Waals surface area contributed by atoms with E-state index in [9.17, 15) is 0 Å². The van der Waals surface area contributed by atoms with Gasteiger partial charge in [-0.15, -0.1) is 31.7 Å². The summed E-state index contributed by atoms with van der Waals surface area (Å²) in [6.45, 7) is 7.50. The zero-order valence-corrected chi connectivity index (χ0v) is 21.7. The number of morpholine rings is 1. The van der Waals surface area contributed by atoms with Crippen LogP contribution in [0.1, 0.15) is 31.1 Å². The molecule has 3 aromatic heterocycles. The van der Waals surface area contributed by atoms with Gasteiger partial charge in [-0.25, -0.2) is 0 Å². The Kier molecular flexibility index (Phi) is 8.35. The van der Waals surface area contributed by atoms with Crippen LogP contribution in [0.5, 0.6) is 0 Å². The summed E-state index contributed by atoms with van der Waals surface area (Å²) in [6, 6.07) is 4.17. The third-order valence-electron chi connectivity index (χ3n) is 5.37. The summed E-state index contributed by atoms with van der Waals surface area (Å²) in [6.07, 6.45) is 0.969. The van der Waals surface area contributed by atoms with E-state index in [1.54, 1.807) is 23.1 Å². The van der Waals surface area contributed by atoms with E-state index in [0.29, 0.717) is 17.5 Å². The Bertz CT molecular complexity index is 1000. The molecule has 0 spiro atoms. The second kappa shape index (κ2) is 11.2. The molecule has 1 saturated heterocycles. The van der Waals surface area contributed by atoms with Crippen LogP contribution >= 0.6 is 39.0 Å². The van der Waals surface area contributed by atoms with Gasteiger partial charge in [0.15, 0.2) is 11.0 Å². The Morgan fingerprint density at radius 1 is 1.16 bits per heavy atom. The predicted octanol–water partition coefficient (Wildman–Crippen LogP) is 3.79. The summed E-state index contributed by atoms with van der Waals surface area (Å²) in [5.41, 5.74) is 0. The molecule has 0 aliphatic carbocycles. The van der Waals surface area contributed by atoms with E-state index in [-0.39, 0.29) is 6.04 Å². The van der Waals surface area contributed by atoms with Crippen LogP contribution < -0.4 is 0 Å². The summed E-state index contributed by atoms with van der Waals surface area (Å²) in [5.74, 6) is 2.68. The van der Waals surface area contributed by atoms with Crippen molar-refractivity contribution in [1.82, 2.24) is 34.8 Å². The molecule has 0 aromatic carbocycles. The quantitative estimate of drug-likeness (QED) is 0.355. The first kappa shape index (κ1) is 23.8. The molecule has 9 nitrogen and oxygen atoms in total. The smallest absolute Gasteiger partial charge is 0.257 e. The van der Waals surface area contributed by atoms with Gasteiger partial charge in [-0.05, 0) is 48.6 Å². The summed E-state index contributed by atoms with van der Waals surface area (Å²) in [7, 11) is 4.18. The van der Waals surface area contributed by atoms with Crippen molar-refractivity contribution in [3.8, 4) is 10.8 Å². The number of halogens is 1. The Balaban J connectivity index is 1.48. The van der Waals surface area contributed by atoms with Gasteiger partial charge in [-0.2, -0.15) is 0 Å². The van der Waals surface area contributed by atoms with Crippen LogP contribution in [0.25, 0.3) is 10.8 Å². The van der Waals surface area contributed by atoms with E-state index in [1.165, 1.54) is 0 Å². The van der Waals surface area contributed by atoms with E-state index in [2.05, 4.69) is 71.7 Å². The van der Waals surface area contributed by atoms with Gasteiger partial charge in [0, 0.05) is 26.2 Å². The zero-order chi connectivity index (χ0) is 22.5. The molecular formula is C20H28BrN7O2S2. The van der Waals surface area contributed by atoms with Crippen LogP contribution in [0, 0.1) is 0 Å². The molecule has 1 aliphatic rings. The zero-order valence-electron chi connectivity index (χ0n) is 18.5.